The van der Waals surface area contributed by atoms with Gasteiger partial charge in [0.2, 0.25) is 0 Å². The highest BCUT2D eigenvalue weighted by Gasteiger charge is 2.11. The Morgan fingerprint density at radius 1 is 0.905 bits per heavy atom. The summed E-state index contributed by atoms with van der Waals surface area (Å²) >= 11 is 0. The van der Waals surface area contributed by atoms with Gasteiger partial charge in [0.25, 0.3) is 0 Å². The summed E-state index contributed by atoms with van der Waals surface area (Å²) in [5.74, 6) is 0. The molecule has 0 saturated heterocycles. The van der Waals surface area contributed by atoms with Crippen molar-refractivity contribution in [1.82, 2.24) is 9.13 Å². The van der Waals surface area contributed by atoms with Gasteiger partial charge in [-0.3, -0.25) is 9.13 Å². The Hall–Kier alpha value is -2.29. The molecule has 0 bridgehead atoms. The first-order valence-corrected chi connectivity index (χ1v) is 7.35. The number of para-hydroxylation sites is 2. The second kappa shape index (κ2) is 5.24. The quantitative estimate of drug-likeness (QED) is 0.721. The maximum absolute atomic E-state index is 12.6. The molecule has 3 rings (SSSR count). The molecule has 0 spiro atoms. The lowest BCUT2D eigenvalue weighted by Gasteiger charge is -2.06. The van der Waals surface area contributed by atoms with Crippen LogP contribution in [0, 0.1) is 13.8 Å². The molecule has 21 heavy (non-hydrogen) atoms. The van der Waals surface area contributed by atoms with Crippen molar-refractivity contribution in [3.63, 3.8) is 0 Å². The number of nitrogens with zero attached hydrogens (tertiary/aromatic N) is 2. The van der Waals surface area contributed by atoms with Gasteiger partial charge in [-0.1, -0.05) is 41.5 Å². The van der Waals surface area contributed by atoms with Crippen molar-refractivity contribution in [2.24, 2.45) is 0 Å². The lowest BCUT2D eigenvalue weighted by atomic mass is 10.1. The summed E-state index contributed by atoms with van der Waals surface area (Å²) in [6, 6.07) is 14.5. The van der Waals surface area contributed by atoms with E-state index in [0.29, 0.717) is 13.1 Å². The second-order valence-electron chi connectivity index (χ2n) is 5.60. The van der Waals surface area contributed by atoms with E-state index >= 15 is 0 Å². The Bertz CT molecular complexity index is 835. The number of rotatable bonds is 3. The summed E-state index contributed by atoms with van der Waals surface area (Å²) in [5.41, 5.74) is 5.72. The van der Waals surface area contributed by atoms with Crippen LogP contribution < -0.4 is 5.69 Å². The van der Waals surface area contributed by atoms with Crippen molar-refractivity contribution in [1.29, 1.82) is 0 Å². The van der Waals surface area contributed by atoms with Gasteiger partial charge in [0.15, 0.2) is 0 Å². The van der Waals surface area contributed by atoms with Gasteiger partial charge < -0.3 is 0 Å². The predicted molar refractivity (Wildman–Crippen MR) is 86.9 cm³/mol. The molecule has 2 aromatic carbocycles. The highest BCUT2D eigenvalue weighted by atomic mass is 16.1. The molecular weight excluding hydrogens is 260 g/mol. The molecule has 0 saturated carbocycles. The third kappa shape index (κ3) is 2.40. The van der Waals surface area contributed by atoms with Crippen molar-refractivity contribution < 1.29 is 0 Å². The molecule has 3 aromatic rings. The smallest absolute Gasteiger partial charge is 0.292 e. The monoisotopic (exact) mass is 280 g/mol. The van der Waals surface area contributed by atoms with Crippen molar-refractivity contribution in [2.45, 2.75) is 33.9 Å². The van der Waals surface area contributed by atoms with E-state index in [0.717, 1.165) is 11.0 Å². The average molecular weight is 280 g/mol. The molecule has 108 valence electrons. The van der Waals surface area contributed by atoms with Crippen molar-refractivity contribution in [2.75, 3.05) is 0 Å². The van der Waals surface area contributed by atoms with Gasteiger partial charge >= 0.3 is 5.69 Å². The van der Waals surface area contributed by atoms with Gasteiger partial charge in [-0.2, -0.15) is 0 Å². The number of aromatic nitrogens is 2. The van der Waals surface area contributed by atoms with Crippen LogP contribution >= 0.6 is 0 Å². The highest BCUT2D eigenvalue weighted by Crippen LogP contribution is 2.16. The Kier molecular flexibility index (Phi) is 3.42. The zero-order valence-electron chi connectivity index (χ0n) is 12.8. The molecule has 0 aliphatic heterocycles. The Morgan fingerprint density at radius 2 is 1.48 bits per heavy atom. The number of hydrogen-bond donors (Lipinski definition) is 0. The summed E-state index contributed by atoms with van der Waals surface area (Å²) in [4.78, 5) is 12.6. The lowest BCUT2D eigenvalue weighted by Crippen LogP contribution is -2.24. The van der Waals surface area contributed by atoms with Crippen molar-refractivity contribution in [3.05, 3.63) is 69.6 Å². The average Bonchev–Trinajstić information content (AvgIpc) is 2.70. The maximum Gasteiger partial charge on any atom is 0.329 e. The molecule has 0 amide bonds. The van der Waals surface area contributed by atoms with Crippen LogP contribution in [-0.2, 0) is 13.1 Å². The molecular formula is C18H20N2O. The summed E-state index contributed by atoms with van der Waals surface area (Å²) in [6.45, 7) is 7.51. The van der Waals surface area contributed by atoms with Gasteiger partial charge in [0, 0.05) is 6.54 Å². The first-order chi connectivity index (χ1) is 10.1. The summed E-state index contributed by atoms with van der Waals surface area (Å²) in [7, 11) is 0. The standard InChI is InChI=1S/C18H20N2O/c1-4-19-16-7-5-6-8-17(16)20(18(19)21)12-15-10-13(2)9-14(3)11-15/h5-11H,4,12H2,1-3H3. The van der Waals surface area contributed by atoms with E-state index in [1.165, 1.54) is 16.7 Å². The molecule has 3 nitrogen and oxygen atoms in total. The van der Waals surface area contributed by atoms with Gasteiger partial charge in [0.05, 0.1) is 17.6 Å². The van der Waals surface area contributed by atoms with Crippen LogP contribution in [0.4, 0.5) is 0 Å². The van der Waals surface area contributed by atoms with E-state index in [2.05, 4.69) is 32.0 Å². The van der Waals surface area contributed by atoms with Gasteiger partial charge in [-0.25, -0.2) is 4.79 Å². The van der Waals surface area contributed by atoms with Crippen molar-refractivity contribution in [3.8, 4) is 0 Å². The second-order valence-corrected chi connectivity index (χ2v) is 5.60. The van der Waals surface area contributed by atoms with Gasteiger partial charge in [-0.15, -0.1) is 0 Å². The summed E-state index contributed by atoms with van der Waals surface area (Å²) in [5, 5.41) is 0. The number of fused-ring (bicyclic) bond motifs is 1. The lowest BCUT2D eigenvalue weighted by molar-refractivity contribution is 0.684. The Balaban J connectivity index is 2.16. The largest absolute Gasteiger partial charge is 0.329 e. The number of imidazole rings is 1. The van der Waals surface area contributed by atoms with E-state index in [4.69, 9.17) is 0 Å². The molecule has 1 aromatic heterocycles. The fourth-order valence-electron chi connectivity index (χ4n) is 3.07. The van der Waals surface area contributed by atoms with Crippen LogP contribution in [0.2, 0.25) is 0 Å². The van der Waals surface area contributed by atoms with Gasteiger partial charge in [0.1, 0.15) is 0 Å². The Morgan fingerprint density at radius 3 is 2.05 bits per heavy atom. The van der Waals surface area contributed by atoms with Gasteiger partial charge in [-0.05, 0) is 38.5 Å². The van der Waals surface area contributed by atoms with Crippen LogP contribution in [0.3, 0.4) is 0 Å². The molecule has 0 aliphatic carbocycles. The van der Waals surface area contributed by atoms with Crippen LogP contribution in [0.5, 0.6) is 0 Å². The number of hydrogen-bond acceptors (Lipinski definition) is 1. The molecule has 0 unspecified atom stereocenters. The molecule has 1 heterocycles. The normalized spacial score (nSPS) is 11.2. The van der Waals surface area contributed by atoms with E-state index in [1.807, 2.05) is 40.3 Å². The zero-order valence-corrected chi connectivity index (χ0v) is 12.8. The minimum absolute atomic E-state index is 0.0675. The molecule has 0 atom stereocenters. The van der Waals surface area contributed by atoms with Crippen LogP contribution in [-0.4, -0.2) is 9.13 Å². The number of benzene rings is 2. The van der Waals surface area contributed by atoms with Crippen LogP contribution in [0.1, 0.15) is 23.6 Å². The SMILES string of the molecule is CCn1c(=O)n(Cc2cc(C)cc(C)c2)c2ccccc21. The first kappa shape index (κ1) is 13.7. The third-order valence-corrected chi connectivity index (χ3v) is 3.86. The molecule has 0 aliphatic rings. The van der Waals surface area contributed by atoms with E-state index in [-0.39, 0.29) is 5.69 Å². The predicted octanol–water partition coefficient (Wildman–Crippen LogP) is 3.49. The van der Waals surface area contributed by atoms with Crippen LogP contribution in [0.15, 0.2) is 47.3 Å². The van der Waals surface area contributed by atoms with Crippen molar-refractivity contribution >= 4 is 11.0 Å². The third-order valence-electron chi connectivity index (χ3n) is 3.86. The topological polar surface area (TPSA) is 26.9 Å². The summed E-state index contributed by atoms with van der Waals surface area (Å²) in [6.07, 6.45) is 0. The molecule has 0 radical (unpaired) electrons. The summed E-state index contributed by atoms with van der Waals surface area (Å²) < 4.78 is 3.70. The number of aryl methyl sites for hydroxylation is 3. The Labute approximate surface area is 124 Å². The minimum Gasteiger partial charge on any atom is -0.292 e. The van der Waals surface area contributed by atoms with E-state index in [1.54, 1.807) is 0 Å². The molecule has 0 N–H and O–H groups in total. The van der Waals surface area contributed by atoms with E-state index in [9.17, 15) is 4.79 Å². The van der Waals surface area contributed by atoms with E-state index < -0.39 is 0 Å². The molecule has 0 fully saturated rings. The molecule has 3 heteroatoms. The fourth-order valence-corrected chi connectivity index (χ4v) is 3.07. The highest BCUT2D eigenvalue weighted by molar-refractivity contribution is 5.76. The van der Waals surface area contributed by atoms with Crippen LogP contribution in [0.25, 0.3) is 11.0 Å². The zero-order chi connectivity index (χ0) is 15.0. The fraction of sp³-hybridized carbons (Fsp3) is 0.278. The first-order valence-electron chi connectivity index (χ1n) is 7.35. The minimum atomic E-state index is 0.0675. The maximum atomic E-state index is 12.6.